The Balaban J connectivity index is 1.71. The number of alkyl halides is 3. The summed E-state index contributed by atoms with van der Waals surface area (Å²) < 4.78 is 46.8. The first-order valence-corrected chi connectivity index (χ1v) is 13.6. The summed E-state index contributed by atoms with van der Waals surface area (Å²) in [6.07, 6.45) is 1.83. The van der Waals surface area contributed by atoms with Gasteiger partial charge in [-0.1, -0.05) is 51.3 Å². The van der Waals surface area contributed by atoms with Gasteiger partial charge in [0.1, 0.15) is 6.33 Å². The van der Waals surface area contributed by atoms with Crippen molar-refractivity contribution < 1.29 is 18.0 Å². The predicted molar refractivity (Wildman–Crippen MR) is 148 cm³/mol. The maximum absolute atomic E-state index is 14.4. The van der Waals surface area contributed by atoms with Gasteiger partial charge in [0.25, 0.3) is 5.91 Å². The van der Waals surface area contributed by atoms with E-state index >= 15 is 0 Å². The summed E-state index contributed by atoms with van der Waals surface area (Å²) >= 11 is 0. The van der Waals surface area contributed by atoms with Crippen LogP contribution >= 0.6 is 0 Å². The summed E-state index contributed by atoms with van der Waals surface area (Å²) in [6, 6.07) is 11.3. The minimum atomic E-state index is -4.59. The SMILES string of the molecule is CCCCC(CC)C1(C)c2c(cccc2C(F)(F)F)C(=O)N1c1cccc(-c2c(-c3nncn3C)cnn2C)c1. The number of hydrogen-bond donors (Lipinski definition) is 0. The number of halogens is 3. The van der Waals surface area contributed by atoms with Gasteiger partial charge in [0.05, 0.1) is 28.6 Å². The van der Waals surface area contributed by atoms with Crippen LogP contribution in [0.1, 0.15) is 67.9 Å². The van der Waals surface area contributed by atoms with E-state index in [0.717, 1.165) is 35.7 Å². The second-order valence-corrected chi connectivity index (χ2v) is 10.6. The quantitative estimate of drug-likeness (QED) is 0.237. The monoisotopic (exact) mass is 550 g/mol. The Morgan fingerprint density at radius 3 is 2.45 bits per heavy atom. The molecule has 40 heavy (non-hydrogen) atoms. The number of amides is 1. The third-order valence-corrected chi connectivity index (χ3v) is 8.24. The molecule has 10 heteroatoms. The maximum Gasteiger partial charge on any atom is 0.416 e. The van der Waals surface area contributed by atoms with Gasteiger partial charge in [-0.05, 0) is 43.5 Å². The molecule has 0 spiro atoms. The van der Waals surface area contributed by atoms with Crippen LogP contribution in [0.4, 0.5) is 18.9 Å². The number of carbonyl (C=O) groups is 1. The molecule has 0 aliphatic carbocycles. The molecular formula is C30H33F3N6O. The molecule has 0 saturated carbocycles. The number of fused-ring (bicyclic) bond motifs is 1. The number of benzene rings is 2. The van der Waals surface area contributed by atoms with Crippen molar-refractivity contribution in [3.63, 3.8) is 0 Å². The highest BCUT2D eigenvalue weighted by Crippen LogP contribution is 2.53. The number of rotatable bonds is 8. The van der Waals surface area contributed by atoms with Crippen LogP contribution in [0, 0.1) is 5.92 Å². The van der Waals surface area contributed by atoms with Crippen molar-refractivity contribution in [2.45, 2.75) is 58.2 Å². The van der Waals surface area contributed by atoms with Crippen molar-refractivity contribution in [1.82, 2.24) is 24.5 Å². The van der Waals surface area contributed by atoms with E-state index in [2.05, 4.69) is 22.2 Å². The summed E-state index contributed by atoms with van der Waals surface area (Å²) in [5.74, 6) is 0.0216. The molecule has 210 valence electrons. The number of aromatic nitrogens is 5. The van der Waals surface area contributed by atoms with E-state index in [1.165, 1.54) is 12.1 Å². The van der Waals surface area contributed by atoms with Crippen LogP contribution in [0.15, 0.2) is 55.0 Å². The minimum absolute atomic E-state index is 0.0705. The second kappa shape index (κ2) is 10.2. The normalized spacial score (nSPS) is 17.9. The molecule has 2 aromatic carbocycles. The van der Waals surface area contributed by atoms with Crippen molar-refractivity contribution in [2.75, 3.05) is 4.90 Å². The first-order chi connectivity index (χ1) is 19.0. The number of carbonyl (C=O) groups excluding carboxylic acids is 1. The molecule has 7 nitrogen and oxygen atoms in total. The van der Waals surface area contributed by atoms with Gasteiger partial charge in [-0.3, -0.25) is 14.4 Å². The van der Waals surface area contributed by atoms with Crippen LogP contribution < -0.4 is 4.90 Å². The molecule has 4 aromatic rings. The van der Waals surface area contributed by atoms with E-state index in [1.54, 1.807) is 39.7 Å². The Morgan fingerprint density at radius 1 is 1.05 bits per heavy atom. The van der Waals surface area contributed by atoms with Gasteiger partial charge >= 0.3 is 6.18 Å². The largest absolute Gasteiger partial charge is 0.416 e. The fraction of sp³-hybridized carbons (Fsp3) is 0.400. The molecule has 0 fully saturated rings. The highest BCUT2D eigenvalue weighted by Gasteiger charge is 2.55. The Hall–Kier alpha value is -3.95. The standard InChI is InChI=1S/C30H33F3N6O/c1-6-8-12-20(7-2)29(3)25-22(14-10-15-24(25)30(31,32)33)28(40)39(29)21-13-9-11-19(16-21)26-23(17-35-38(26)5)27-36-34-18-37(27)4/h9-11,13-18,20H,6-8,12H2,1-5H3. The molecule has 2 unspecified atom stereocenters. The summed E-state index contributed by atoms with van der Waals surface area (Å²) in [7, 11) is 3.66. The molecular weight excluding hydrogens is 517 g/mol. The van der Waals surface area contributed by atoms with Crippen molar-refractivity contribution in [2.24, 2.45) is 20.0 Å². The topological polar surface area (TPSA) is 68.8 Å². The summed E-state index contributed by atoms with van der Waals surface area (Å²) in [6.45, 7) is 5.85. The third kappa shape index (κ3) is 4.30. The molecule has 5 rings (SSSR count). The predicted octanol–water partition coefficient (Wildman–Crippen LogP) is 6.99. The Kier molecular flexibility index (Phi) is 7.06. The van der Waals surface area contributed by atoms with Crippen molar-refractivity contribution in [3.8, 4) is 22.6 Å². The average Bonchev–Trinajstić information content (AvgIpc) is 3.58. The van der Waals surface area contributed by atoms with Crippen LogP contribution in [0.2, 0.25) is 0 Å². The number of aryl methyl sites for hydroxylation is 2. The van der Waals surface area contributed by atoms with Crippen LogP contribution in [0.5, 0.6) is 0 Å². The van der Waals surface area contributed by atoms with E-state index in [9.17, 15) is 18.0 Å². The van der Waals surface area contributed by atoms with Crippen molar-refractivity contribution in [3.05, 3.63) is 71.7 Å². The zero-order valence-corrected chi connectivity index (χ0v) is 23.3. The lowest BCUT2D eigenvalue weighted by Crippen LogP contribution is -2.48. The average molecular weight is 551 g/mol. The first-order valence-electron chi connectivity index (χ1n) is 13.6. The van der Waals surface area contributed by atoms with Gasteiger partial charge in [-0.25, -0.2) is 0 Å². The number of anilines is 1. The third-order valence-electron chi connectivity index (χ3n) is 8.24. The van der Waals surface area contributed by atoms with Crippen LogP contribution in [0.25, 0.3) is 22.6 Å². The molecule has 0 N–H and O–H groups in total. The molecule has 2 atom stereocenters. The highest BCUT2D eigenvalue weighted by molar-refractivity contribution is 6.12. The van der Waals surface area contributed by atoms with E-state index in [-0.39, 0.29) is 17.0 Å². The molecule has 1 amide bonds. The van der Waals surface area contributed by atoms with Crippen LogP contribution in [0.3, 0.4) is 0 Å². The molecule has 3 heterocycles. The number of nitrogens with zero attached hydrogens (tertiary/aromatic N) is 6. The zero-order valence-electron chi connectivity index (χ0n) is 23.3. The molecule has 2 aromatic heterocycles. The van der Waals surface area contributed by atoms with Crippen LogP contribution in [-0.2, 0) is 25.8 Å². The smallest absolute Gasteiger partial charge is 0.317 e. The lowest BCUT2D eigenvalue weighted by molar-refractivity contribution is -0.138. The summed E-state index contributed by atoms with van der Waals surface area (Å²) in [4.78, 5) is 15.7. The fourth-order valence-corrected chi connectivity index (χ4v) is 6.32. The second-order valence-electron chi connectivity index (χ2n) is 10.6. The fourth-order valence-electron chi connectivity index (χ4n) is 6.32. The van der Waals surface area contributed by atoms with Gasteiger partial charge in [-0.15, -0.1) is 10.2 Å². The van der Waals surface area contributed by atoms with Gasteiger partial charge in [0.2, 0.25) is 0 Å². The van der Waals surface area contributed by atoms with Crippen molar-refractivity contribution >= 4 is 11.6 Å². The molecule has 1 aliphatic heterocycles. The van der Waals surface area contributed by atoms with Gasteiger partial charge in [0, 0.05) is 36.5 Å². The van der Waals surface area contributed by atoms with E-state index in [1.807, 2.05) is 39.2 Å². The zero-order chi connectivity index (χ0) is 28.8. The number of unbranched alkanes of at least 4 members (excludes halogenated alkanes) is 1. The van der Waals surface area contributed by atoms with E-state index in [0.29, 0.717) is 24.4 Å². The van der Waals surface area contributed by atoms with Crippen LogP contribution in [-0.4, -0.2) is 30.5 Å². The highest BCUT2D eigenvalue weighted by atomic mass is 19.4. The minimum Gasteiger partial charge on any atom is -0.317 e. The van der Waals surface area contributed by atoms with E-state index < -0.39 is 23.2 Å². The number of hydrogen-bond acceptors (Lipinski definition) is 4. The van der Waals surface area contributed by atoms with E-state index in [4.69, 9.17) is 0 Å². The Labute approximate surface area is 231 Å². The lowest BCUT2D eigenvalue weighted by atomic mass is 9.73. The lowest BCUT2D eigenvalue weighted by Gasteiger charge is -2.43. The Morgan fingerprint density at radius 2 is 1.80 bits per heavy atom. The molecule has 0 radical (unpaired) electrons. The van der Waals surface area contributed by atoms with Gasteiger partial charge in [-0.2, -0.15) is 18.3 Å². The molecule has 1 aliphatic rings. The summed E-state index contributed by atoms with van der Waals surface area (Å²) in [5, 5.41) is 12.7. The van der Waals surface area contributed by atoms with Crippen molar-refractivity contribution in [1.29, 1.82) is 0 Å². The molecule has 0 saturated heterocycles. The Bertz CT molecular complexity index is 1560. The van der Waals surface area contributed by atoms with Gasteiger partial charge in [0.15, 0.2) is 5.82 Å². The first kappa shape index (κ1) is 27.6. The summed E-state index contributed by atoms with van der Waals surface area (Å²) in [5.41, 5.74) is 1.06. The van der Waals surface area contributed by atoms with Gasteiger partial charge < -0.3 is 4.57 Å². The maximum atomic E-state index is 14.4. The molecule has 0 bridgehead atoms.